The molecular weight excluding hydrogens is 358 g/mol. The van der Waals surface area contributed by atoms with Gasteiger partial charge in [-0.15, -0.1) is 11.8 Å². The lowest BCUT2D eigenvalue weighted by Crippen LogP contribution is -2.37. The van der Waals surface area contributed by atoms with Crippen LogP contribution in [0.3, 0.4) is 0 Å². The third kappa shape index (κ3) is 3.10. The first-order valence-electron chi connectivity index (χ1n) is 7.60. The van der Waals surface area contributed by atoms with E-state index in [2.05, 4.69) is 9.97 Å². The number of thioether (sulfide) groups is 1. The quantitative estimate of drug-likeness (QED) is 0.295. The maximum atomic E-state index is 12.6. The van der Waals surface area contributed by atoms with Gasteiger partial charge in [0.15, 0.2) is 5.65 Å². The number of aromatic nitrogens is 4. The maximum Gasteiger partial charge on any atom is 0.332 e. The molecule has 0 aliphatic heterocycles. The Morgan fingerprint density at radius 2 is 1.92 bits per heavy atom. The molecule has 0 unspecified atom stereocenters. The minimum absolute atomic E-state index is 0.00476. The van der Waals surface area contributed by atoms with Crippen molar-refractivity contribution in [2.75, 3.05) is 0 Å². The third-order valence-corrected chi connectivity index (χ3v) is 4.92. The summed E-state index contributed by atoms with van der Waals surface area (Å²) in [7, 11) is 2.95. The summed E-state index contributed by atoms with van der Waals surface area (Å²) in [6.07, 6.45) is 0. The number of nitrogens with zero attached hydrogens (tertiary/aromatic N) is 5. The molecule has 0 radical (unpaired) electrons. The molecule has 0 saturated carbocycles. The second-order valence-corrected chi connectivity index (χ2v) is 6.66. The van der Waals surface area contributed by atoms with Crippen molar-refractivity contribution < 1.29 is 4.92 Å². The standard InChI is InChI=1S/C16H15N5O4S/c1-9-17-13-12(15(22)20(3)16(23)19(13)2)14(18-9)26-8-10-5-4-6-11(7-10)21(24)25/h4-7H,8H2,1-3H3. The van der Waals surface area contributed by atoms with Crippen LogP contribution in [-0.4, -0.2) is 24.0 Å². The summed E-state index contributed by atoms with van der Waals surface area (Å²) in [5.74, 6) is 0.821. The van der Waals surface area contributed by atoms with E-state index in [4.69, 9.17) is 0 Å². The molecule has 1 aromatic carbocycles. The minimum atomic E-state index is -0.468. The van der Waals surface area contributed by atoms with Crippen molar-refractivity contribution in [3.05, 3.63) is 66.6 Å². The van der Waals surface area contributed by atoms with Gasteiger partial charge in [-0.25, -0.2) is 14.8 Å². The zero-order valence-corrected chi connectivity index (χ0v) is 15.1. The first-order chi connectivity index (χ1) is 12.3. The Morgan fingerprint density at radius 3 is 2.62 bits per heavy atom. The van der Waals surface area contributed by atoms with Crippen LogP contribution in [-0.2, 0) is 19.8 Å². The summed E-state index contributed by atoms with van der Waals surface area (Å²) in [6.45, 7) is 1.68. The molecule has 3 rings (SSSR count). The molecular formula is C16H15N5O4S. The summed E-state index contributed by atoms with van der Waals surface area (Å²) in [5, 5.41) is 11.6. The average molecular weight is 373 g/mol. The summed E-state index contributed by atoms with van der Waals surface area (Å²) in [4.78, 5) is 43.7. The topological polar surface area (TPSA) is 113 Å². The lowest BCUT2D eigenvalue weighted by molar-refractivity contribution is -0.384. The lowest BCUT2D eigenvalue weighted by Gasteiger charge is -2.10. The van der Waals surface area contributed by atoms with E-state index in [1.807, 2.05) is 0 Å². The van der Waals surface area contributed by atoms with Crippen molar-refractivity contribution in [1.29, 1.82) is 0 Å². The molecule has 10 heteroatoms. The highest BCUT2D eigenvalue weighted by Gasteiger charge is 2.16. The molecule has 0 saturated heterocycles. The second kappa shape index (κ2) is 6.71. The molecule has 3 aromatic rings. The van der Waals surface area contributed by atoms with Gasteiger partial charge in [-0.05, 0) is 12.5 Å². The number of benzene rings is 1. The van der Waals surface area contributed by atoms with Gasteiger partial charge in [0, 0.05) is 32.0 Å². The van der Waals surface area contributed by atoms with Crippen LogP contribution < -0.4 is 11.2 Å². The highest BCUT2D eigenvalue weighted by Crippen LogP contribution is 2.26. The summed E-state index contributed by atoms with van der Waals surface area (Å²) in [5.41, 5.74) is 0.0763. The fourth-order valence-electron chi connectivity index (χ4n) is 2.55. The van der Waals surface area contributed by atoms with E-state index in [0.29, 0.717) is 16.6 Å². The van der Waals surface area contributed by atoms with E-state index in [0.717, 1.165) is 10.1 Å². The van der Waals surface area contributed by atoms with E-state index in [-0.39, 0.29) is 16.7 Å². The van der Waals surface area contributed by atoms with Crippen LogP contribution in [0, 0.1) is 17.0 Å². The summed E-state index contributed by atoms with van der Waals surface area (Å²) < 4.78 is 2.32. The lowest BCUT2D eigenvalue weighted by atomic mass is 10.2. The SMILES string of the molecule is Cc1nc(SCc2cccc([N+](=O)[O-])c2)c2c(=O)n(C)c(=O)n(C)c2n1. The molecule has 0 aliphatic rings. The molecule has 0 spiro atoms. The van der Waals surface area contributed by atoms with Crippen LogP contribution in [0.2, 0.25) is 0 Å². The van der Waals surface area contributed by atoms with Crippen LogP contribution in [0.5, 0.6) is 0 Å². The van der Waals surface area contributed by atoms with Crippen molar-refractivity contribution in [2.24, 2.45) is 14.1 Å². The van der Waals surface area contributed by atoms with E-state index in [9.17, 15) is 19.7 Å². The predicted octanol–water partition coefficient (Wildman–Crippen LogP) is 1.54. The van der Waals surface area contributed by atoms with Crippen LogP contribution in [0.4, 0.5) is 5.69 Å². The minimum Gasteiger partial charge on any atom is -0.280 e. The Balaban J connectivity index is 2.08. The van der Waals surface area contributed by atoms with E-state index in [1.165, 1.54) is 35.5 Å². The van der Waals surface area contributed by atoms with Crippen molar-refractivity contribution in [3.8, 4) is 0 Å². The number of rotatable bonds is 4. The Morgan fingerprint density at radius 1 is 1.19 bits per heavy atom. The summed E-state index contributed by atoms with van der Waals surface area (Å²) >= 11 is 1.27. The normalized spacial score (nSPS) is 11.0. The van der Waals surface area contributed by atoms with Crippen LogP contribution in [0.1, 0.15) is 11.4 Å². The number of nitro benzene ring substituents is 1. The van der Waals surface area contributed by atoms with E-state index >= 15 is 0 Å². The highest BCUT2D eigenvalue weighted by molar-refractivity contribution is 7.98. The van der Waals surface area contributed by atoms with Gasteiger partial charge < -0.3 is 0 Å². The first kappa shape index (κ1) is 17.8. The van der Waals surface area contributed by atoms with Crippen LogP contribution in [0.25, 0.3) is 11.0 Å². The molecule has 0 amide bonds. The van der Waals surface area contributed by atoms with Gasteiger partial charge in [0.1, 0.15) is 16.2 Å². The van der Waals surface area contributed by atoms with Gasteiger partial charge >= 0.3 is 5.69 Å². The Labute approximate surface area is 151 Å². The zero-order chi connectivity index (χ0) is 19.0. The predicted molar refractivity (Wildman–Crippen MR) is 97.4 cm³/mol. The highest BCUT2D eigenvalue weighted by atomic mass is 32.2. The molecule has 0 N–H and O–H groups in total. The monoisotopic (exact) mass is 373 g/mol. The van der Waals surface area contributed by atoms with Gasteiger partial charge in [-0.3, -0.25) is 24.0 Å². The molecule has 2 heterocycles. The van der Waals surface area contributed by atoms with Gasteiger partial charge in [-0.1, -0.05) is 12.1 Å². The molecule has 9 nitrogen and oxygen atoms in total. The van der Waals surface area contributed by atoms with Gasteiger partial charge in [-0.2, -0.15) is 0 Å². The van der Waals surface area contributed by atoms with Crippen molar-refractivity contribution in [1.82, 2.24) is 19.1 Å². The molecule has 26 heavy (non-hydrogen) atoms. The third-order valence-electron chi connectivity index (χ3n) is 3.88. The Bertz CT molecular complexity index is 1150. The molecule has 0 bridgehead atoms. The first-order valence-corrected chi connectivity index (χ1v) is 8.58. The summed E-state index contributed by atoms with van der Waals surface area (Å²) in [6, 6.07) is 6.28. The number of hydrogen-bond donors (Lipinski definition) is 0. The fourth-order valence-corrected chi connectivity index (χ4v) is 3.55. The molecule has 134 valence electrons. The Hall–Kier alpha value is -3.01. The van der Waals surface area contributed by atoms with Crippen molar-refractivity contribution in [2.45, 2.75) is 17.7 Å². The van der Waals surface area contributed by atoms with Gasteiger partial charge in [0.05, 0.1) is 4.92 Å². The number of hydrogen-bond acceptors (Lipinski definition) is 7. The fraction of sp³-hybridized carbons (Fsp3) is 0.250. The van der Waals surface area contributed by atoms with E-state index < -0.39 is 16.2 Å². The largest absolute Gasteiger partial charge is 0.332 e. The van der Waals surface area contributed by atoms with E-state index in [1.54, 1.807) is 26.1 Å². The van der Waals surface area contributed by atoms with Gasteiger partial charge in [0.25, 0.3) is 11.2 Å². The molecule has 0 atom stereocenters. The second-order valence-electron chi connectivity index (χ2n) is 5.70. The number of fused-ring (bicyclic) bond motifs is 1. The maximum absolute atomic E-state index is 12.6. The van der Waals surface area contributed by atoms with Crippen molar-refractivity contribution >= 4 is 28.5 Å². The number of nitro groups is 1. The van der Waals surface area contributed by atoms with Crippen LogP contribution >= 0.6 is 11.8 Å². The van der Waals surface area contributed by atoms with Crippen molar-refractivity contribution in [3.63, 3.8) is 0 Å². The smallest absolute Gasteiger partial charge is 0.280 e. The Kier molecular flexibility index (Phi) is 4.60. The molecule has 2 aromatic heterocycles. The average Bonchev–Trinajstić information content (AvgIpc) is 2.62. The number of non-ortho nitro benzene ring substituents is 1. The number of aryl methyl sites for hydroxylation is 2. The van der Waals surface area contributed by atoms with Gasteiger partial charge in [0.2, 0.25) is 0 Å². The molecule has 0 fully saturated rings. The molecule has 0 aliphatic carbocycles. The zero-order valence-electron chi connectivity index (χ0n) is 14.3. The van der Waals surface area contributed by atoms with Crippen LogP contribution in [0.15, 0.2) is 38.9 Å².